The fourth-order valence-electron chi connectivity index (χ4n) is 1.50. The number of rotatable bonds is 3. The Kier molecular flexibility index (Phi) is 2.55. The second-order valence-electron chi connectivity index (χ2n) is 3.36. The lowest BCUT2D eigenvalue weighted by Crippen LogP contribution is -1.97. The number of thiazole rings is 1. The molecule has 0 amide bonds. The monoisotopic (exact) mass is 247 g/mol. The third-order valence-corrected chi connectivity index (χ3v) is 3.84. The van der Waals surface area contributed by atoms with Crippen LogP contribution in [0.15, 0.2) is 36.0 Å². The van der Waals surface area contributed by atoms with Crippen molar-refractivity contribution < 1.29 is 0 Å². The normalized spacial score (nSPS) is 10.8. The molecule has 0 aliphatic carbocycles. The molecule has 0 bridgehead atoms. The van der Waals surface area contributed by atoms with Crippen molar-refractivity contribution in [3.05, 3.63) is 41.0 Å². The highest BCUT2D eigenvalue weighted by molar-refractivity contribution is 7.13. The number of anilines is 1. The van der Waals surface area contributed by atoms with Crippen LogP contribution < -0.4 is 5.32 Å². The Morgan fingerprint density at radius 2 is 2.31 bits per heavy atom. The Bertz CT molecular complexity index is 586. The second-order valence-corrected chi connectivity index (χ2v) is 5.17. The van der Waals surface area contributed by atoms with Gasteiger partial charge < -0.3 is 5.32 Å². The lowest BCUT2D eigenvalue weighted by Gasteiger charge is -2.03. The minimum atomic E-state index is 0.779. The highest BCUT2D eigenvalue weighted by Crippen LogP contribution is 2.22. The van der Waals surface area contributed by atoms with Gasteiger partial charge in [-0.2, -0.15) is 4.37 Å². The number of nitrogens with one attached hydrogen (secondary N) is 1. The summed E-state index contributed by atoms with van der Waals surface area (Å²) in [4.78, 5) is 4.23. The first-order valence-electron chi connectivity index (χ1n) is 4.88. The van der Waals surface area contributed by atoms with E-state index in [1.54, 1.807) is 11.3 Å². The predicted octanol–water partition coefficient (Wildman–Crippen LogP) is 3.36. The van der Waals surface area contributed by atoms with Crippen LogP contribution in [0.5, 0.6) is 0 Å². The number of hydrogen-bond donors (Lipinski definition) is 1. The first-order valence-corrected chi connectivity index (χ1v) is 6.54. The zero-order chi connectivity index (χ0) is 10.8. The Hall–Kier alpha value is -1.46. The molecule has 5 heteroatoms. The number of aromatic nitrogens is 2. The van der Waals surface area contributed by atoms with Gasteiger partial charge in [-0.25, -0.2) is 4.98 Å². The maximum Gasteiger partial charge on any atom is 0.112 e. The van der Waals surface area contributed by atoms with Crippen LogP contribution in [0.1, 0.15) is 5.01 Å². The third kappa shape index (κ3) is 1.91. The molecule has 2 aromatic heterocycles. The Labute approximate surface area is 101 Å². The van der Waals surface area contributed by atoms with E-state index in [4.69, 9.17) is 0 Å². The molecule has 80 valence electrons. The number of hydrogen-bond acceptors (Lipinski definition) is 5. The summed E-state index contributed by atoms with van der Waals surface area (Å²) < 4.78 is 5.38. The maximum atomic E-state index is 4.23. The van der Waals surface area contributed by atoms with E-state index in [1.165, 1.54) is 21.6 Å². The van der Waals surface area contributed by atoms with Gasteiger partial charge in [-0.1, -0.05) is 0 Å². The van der Waals surface area contributed by atoms with Gasteiger partial charge >= 0.3 is 0 Å². The van der Waals surface area contributed by atoms with Crippen molar-refractivity contribution in [2.24, 2.45) is 0 Å². The van der Waals surface area contributed by atoms with Crippen molar-refractivity contribution in [1.29, 1.82) is 0 Å². The second kappa shape index (κ2) is 4.19. The van der Waals surface area contributed by atoms with Gasteiger partial charge in [-0.15, -0.1) is 11.3 Å². The highest BCUT2D eigenvalue weighted by Gasteiger charge is 1.99. The predicted molar refractivity (Wildman–Crippen MR) is 69.1 cm³/mol. The van der Waals surface area contributed by atoms with Crippen molar-refractivity contribution in [3.8, 4) is 0 Å². The molecular weight excluding hydrogens is 238 g/mol. The van der Waals surface area contributed by atoms with E-state index >= 15 is 0 Å². The number of benzene rings is 1. The summed E-state index contributed by atoms with van der Waals surface area (Å²) in [7, 11) is 0. The summed E-state index contributed by atoms with van der Waals surface area (Å²) in [6.45, 7) is 0.779. The molecule has 0 saturated heterocycles. The van der Waals surface area contributed by atoms with Crippen LogP contribution in [-0.2, 0) is 6.54 Å². The molecule has 1 aromatic carbocycles. The molecule has 0 fully saturated rings. The van der Waals surface area contributed by atoms with E-state index in [0.717, 1.165) is 17.2 Å². The standard InChI is InChI=1S/C11H9N3S2/c1-2-10-8(6-14-16-10)5-9(1)13-7-11-12-3-4-15-11/h1-6,13H,7H2. The molecular formula is C11H9N3S2. The summed E-state index contributed by atoms with van der Waals surface area (Å²) in [5, 5.41) is 7.63. The Morgan fingerprint density at radius 1 is 1.31 bits per heavy atom. The molecule has 0 spiro atoms. The molecule has 0 radical (unpaired) electrons. The van der Waals surface area contributed by atoms with Gasteiger partial charge in [0.05, 0.1) is 11.2 Å². The largest absolute Gasteiger partial charge is 0.379 e. The fourth-order valence-corrected chi connectivity index (χ4v) is 2.68. The maximum absolute atomic E-state index is 4.23. The topological polar surface area (TPSA) is 37.8 Å². The summed E-state index contributed by atoms with van der Waals surface area (Å²) in [5.41, 5.74) is 1.11. The van der Waals surface area contributed by atoms with Gasteiger partial charge in [0, 0.05) is 28.8 Å². The zero-order valence-corrected chi connectivity index (χ0v) is 10.0. The summed E-state index contributed by atoms with van der Waals surface area (Å²) >= 11 is 3.19. The van der Waals surface area contributed by atoms with Crippen molar-refractivity contribution in [2.45, 2.75) is 6.54 Å². The number of fused-ring (bicyclic) bond motifs is 1. The van der Waals surface area contributed by atoms with Crippen LogP contribution in [0.25, 0.3) is 10.1 Å². The minimum absolute atomic E-state index is 0.779. The Morgan fingerprint density at radius 3 is 3.19 bits per heavy atom. The molecule has 3 nitrogen and oxygen atoms in total. The average molecular weight is 247 g/mol. The SMILES string of the molecule is c1csc(CNc2ccc3sncc3c2)n1. The van der Waals surface area contributed by atoms with E-state index in [9.17, 15) is 0 Å². The average Bonchev–Trinajstić information content (AvgIpc) is 2.97. The van der Waals surface area contributed by atoms with Gasteiger partial charge in [0.1, 0.15) is 5.01 Å². The molecule has 0 unspecified atom stereocenters. The van der Waals surface area contributed by atoms with Gasteiger partial charge in [0.15, 0.2) is 0 Å². The molecule has 16 heavy (non-hydrogen) atoms. The molecule has 0 atom stereocenters. The first-order chi connectivity index (χ1) is 7.92. The Balaban J connectivity index is 1.78. The lowest BCUT2D eigenvalue weighted by molar-refractivity contribution is 1.10. The molecule has 0 aliphatic rings. The van der Waals surface area contributed by atoms with Gasteiger partial charge in [0.2, 0.25) is 0 Å². The lowest BCUT2D eigenvalue weighted by atomic mass is 10.2. The summed E-state index contributed by atoms with van der Waals surface area (Å²) in [5.74, 6) is 0. The van der Waals surface area contributed by atoms with Crippen LogP contribution in [0.2, 0.25) is 0 Å². The van der Waals surface area contributed by atoms with Crippen LogP contribution in [0.4, 0.5) is 5.69 Å². The summed E-state index contributed by atoms with van der Waals surface area (Å²) in [6.07, 6.45) is 3.72. The van der Waals surface area contributed by atoms with Crippen LogP contribution in [0, 0.1) is 0 Å². The van der Waals surface area contributed by atoms with Gasteiger partial charge in [-0.3, -0.25) is 0 Å². The number of nitrogens with zero attached hydrogens (tertiary/aromatic N) is 2. The van der Waals surface area contributed by atoms with E-state index in [2.05, 4.69) is 32.9 Å². The third-order valence-electron chi connectivity index (χ3n) is 2.28. The van der Waals surface area contributed by atoms with E-state index in [-0.39, 0.29) is 0 Å². The van der Waals surface area contributed by atoms with Crippen molar-refractivity contribution in [3.63, 3.8) is 0 Å². The smallest absolute Gasteiger partial charge is 0.112 e. The quantitative estimate of drug-likeness (QED) is 0.771. The van der Waals surface area contributed by atoms with Crippen molar-refractivity contribution in [2.75, 3.05) is 5.32 Å². The molecule has 0 saturated carbocycles. The zero-order valence-electron chi connectivity index (χ0n) is 8.38. The molecule has 3 rings (SSSR count). The van der Waals surface area contributed by atoms with E-state index < -0.39 is 0 Å². The molecule has 0 aliphatic heterocycles. The van der Waals surface area contributed by atoms with Crippen molar-refractivity contribution in [1.82, 2.24) is 9.36 Å². The first kappa shape index (κ1) is 9.74. The van der Waals surface area contributed by atoms with Crippen LogP contribution >= 0.6 is 22.9 Å². The molecule has 1 N–H and O–H groups in total. The van der Waals surface area contributed by atoms with E-state index in [1.807, 2.05) is 17.8 Å². The fraction of sp³-hybridized carbons (Fsp3) is 0.0909. The molecule has 3 aromatic rings. The highest BCUT2D eigenvalue weighted by atomic mass is 32.1. The van der Waals surface area contributed by atoms with Crippen LogP contribution in [0.3, 0.4) is 0 Å². The van der Waals surface area contributed by atoms with Gasteiger partial charge in [0.25, 0.3) is 0 Å². The minimum Gasteiger partial charge on any atom is -0.379 e. The van der Waals surface area contributed by atoms with Gasteiger partial charge in [-0.05, 0) is 29.7 Å². The van der Waals surface area contributed by atoms with Crippen molar-refractivity contribution >= 4 is 38.6 Å². The van der Waals surface area contributed by atoms with Crippen LogP contribution in [-0.4, -0.2) is 9.36 Å². The van der Waals surface area contributed by atoms with E-state index in [0.29, 0.717) is 0 Å². The summed E-state index contributed by atoms with van der Waals surface area (Å²) in [6, 6.07) is 6.29. The molecule has 2 heterocycles.